The predicted octanol–water partition coefficient (Wildman–Crippen LogP) is 5.02. The molecule has 3 rings (SSSR count). The summed E-state index contributed by atoms with van der Waals surface area (Å²) >= 11 is 5.83. The lowest BCUT2D eigenvalue weighted by molar-refractivity contribution is 0.102. The second-order valence-electron chi connectivity index (χ2n) is 6.07. The molecular formula is C22H19ClN2O3. The number of hydrogen-bond donors (Lipinski definition) is 2. The lowest BCUT2D eigenvalue weighted by atomic mass is 10.1. The molecule has 0 heterocycles. The Morgan fingerprint density at radius 3 is 2.18 bits per heavy atom. The van der Waals surface area contributed by atoms with Crippen LogP contribution in [0.1, 0.15) is 21.5 Å². The highest BCUT2D eigenvalue weighted by molar-refractivity contribution is 6.30. The number of halogens is 1. The van der Waals surface area contributed by atoms with Gasteiger partial charge in [-0.3, -0.25) is 4.79 Å². The Morgan fingerprint density at radius 1 is 0.821 bits per heavy atom. The van der Waals surface area contributed by atoms with Crippen molar-refractivity contribution in [2.75, 3.05) is 5.32 Å². The average molecular weight is 395 g/mol. The molecule has 0 aromatic heterocycles. The molecule has 142 valence electrons. The number of carbonyl (C=O) groups excluding carboxylic acids is 2. The van der Waals surface area contributed by atoms with E-state index in [1.54, 1.807) is 48.5 Å². The molecule has 0 radical (unpaired) electrons. The van der Waals surface area contributed by atoms with Crippen molar-refractivity contribution in [1.29, 1.82) is 0 Å². The van der Waals surface area contributed by atoms with Crippen molar-refractivity contribution in [1.82, 2.24) is 5.32 Å². The number of amides is 2. The van der Waals surface area contributed by atoms with Crippen molar-refractivity contribution in [3.05, 3.63) is 101 Å². The van der Waals surface area contributed by atoms with Crippen LogP contribution in [0.15, 0.2) is 78.9 Å². The quantitative estimate of drug-likeness (QED) is 0.617. The van der Waals surface area contributed by atoms with E-state index in [1.165, 1.54) is 0 Å². The number of benzene rings is 3. The van der Waals surface area contributed by atoms with Gasteiger partial charge in [0.05, 0.1) is 0 Å². The topological polar surface area (TPSA) is 67.4 Å². The maximum Gasteiger partial charge on any atom is 0.407 e. The number of rotatable bonds is 6. The molecule has 0 aliphatic rings. The van der Waals surface area contributed by atoms with Gasteiger partial charge in [-0.25, -0.2) is 4.79 Å². The van der Waals surface area contributed by atoms with E-state index in [0.717, 1.165) is 11.1 Å². The molecule has 0 unspecified atom stereocenters. The van der Waals surface area contributed by atoms with E-state index in [4.69, 9.17) is 16.3 Å². The molecule has 3 aromatic carbocycles. The molecule has 0 saturated carbocycles. The predicted molar refractivity (Wildman–Crippen MR) is 109 cm³/mol. The van der Waals surface area contributed by atoms with E-state index >= 15 is 0 Å². The standard InChI is InChI=1S/C22H19ClN2O3/c23-19-10-12-20(13-11-19)25-21(26)18-8-6-16(7-9-18)14-24-22(27)28-15-17-4-2-1-3-5-17/h1-13H,14-15H2,(H,24,27)(H,25,26). The van der Waals surface area contributed by atoms with Gasteiger partial charge in [-0.1, -0.05) is 54.1 Å². The Kier molecular flexibility index (Phi) is 6.65. The second kappa shape index (κ2) is 9.58. The Bertz CT molecular complexity index is 926. The molecule has 0 aliphatic carbocycles. The Morgan fingerprint density at radius 2 is 1.50 bits per heavy atom. The maximum absolute atomic E-state index is 12.3. The molecule has 6 heteroatoms. The molecule has 2 N–H and O–H groups in total. The zero-order chi connectivity index (χ0) is 19.8. The van der Waals surface area contributed by atoms with E-state index in [9.17, 15) is 9.59 Å². The Hall–Kier alpha value is -3.31. The van der Waals surface area contributed by atoms with Crippen molar-refractivity contribution < 1.29 is 14.3 Å². The molecule has 28 heavy (non-hydrogen) atoms. The monoisotopic (exact) mass is 394 g/mol. The largest absolute Gasteiger partial charge is 0.445 e. The smallest absolute Gasteiger partial charge is 0.407 e. The molecule has 0 saturated heterocycles. The molecule has 0 atom stereocenters. The Labute approximate surface area is 168 Å². The summed E-state index contributed by atoms with van der Waals surface area (Å²) in [4.78, 5) is 24.0. The van der Waals surface area contributed by atoms with Gasteiger partial charge >= 0.3 is 6.09 Å². The third kappa shape index (κ3) is 5.86. The van der Waals surface area contributed by atoms with E-state index < -0.39 is 6.09 Å². The fraction of sp³-hybridized carbons (Fsp3) is 0.0909. The molecule has 0 bridgehead atoms. The van der Waals surface area contributed by atoms with E-state index in [0.29, 0.717) is 22.8 Å². The zero-order valence-electron chi connectivity index (χ0n) is 15.0. The molecule has 0 aliphatic heterocycles. The Balaban J connectivity index is 1.46. The van der Waals surface area contributed by atoms with Gasteiger partial charge in [0.1, 0.15) is 6.61 Å². The molecular weight excluding hydrogens is 376 g/mol. The van der Waals surface area contributed by atoms with Crippen molar-refractivity contribution in [2.24, 2.45) is 0 Å². The van der Waals surface area contributed by atoms with Crippen LogP contribution in [0.3, 0.4) is 0 Å². The zero-order valence-corrected chi connectivity index (χ0v) is 15.8. The van der Waals surface area contributed by atoms with Crippen LogP contribution in [0.4, 0.5) is 10.5 Å². The minimum absolute atomic E-state index is 0.218. The molecule has 2 amide bonds. The second-order valence-corrected chi connectivity index (χ2v) is 6.51. The molecule has 5 nitrogen and oxygen atoms in total. The molecule has 3 aromatic rings. The highest BCUT2D eigenvalue weighted by Crippen LogP contribution is 2.15. The third-order valence-electron chi connectivity index (χ3n) is 3.97. The summed E-state index contributed by atoms with van der Waals surface area (Å²) in [7, 11) is 0. The van der Waals surface area contributed by atoms with Gasteiger partial charge in [0.25, 0.3) is 5.91 Å². The normalized spacial score (nSPS) is 10.2. The SMILES string of the molecule is O=C(NCc1ccc(C(=O)Nc2ccc(Cl)cc2)cc1)OCc1ccccc1. The number of ether oxygens (including phenoxy) is 1. The van der Waals surface area contributed by atoms with E-state index in [2.05, 4.69) is 10.6 Å². The number of hydrogen-bond acceptors (Lipinski definition) is 3. The van der Waals surface area contributed by atoms with E-state index in [-0.39, 0.29) is 12.5 Å². The van der Waals surface area contributed by atoms with Gasteiger partial charge in [0.15, 0.2) is 0 Å². The number of anilines is 1. The number of carbonyl (C=O) groups is 2. The first-order valence-electron chi connectivity index (χ1n) is 8.70. The lowest BCUT2D eigenvalue weighted by Crippen LogP contribution is -2.23. The van der Waals surface area contributed by atoms with Crippen molar-refractivity contribution in [2.45, 2.75) is 13.2 Å². The van der Waals surface area contributed by atoms with Crippen LogP contribution >= 0.6 is 11.6 Å². The van der Waals surface area contributed by atoms with Crippen LogP contribution in [0.25, 0.3) is 0 Å². The van der Waals surface area contributed by atoms with Crippen molar-refractivity contribution >= 4 is 29.3 Å². The van der Waals surface area contributed by atoms with Gasteiger partial charge in [-0.2, -0.15) is 0 Å². The first kappa shape index (κ1) is 19.5. The van der Waals surface area contributed by atoms with Gasteiger partial charge in [-0.05, 0) is 47.5 Å². The van der Waals surface area contributed by atoms with Gasteiger partial charge in [0.2, 0.25) is 0 Å². The summed E-state index contributed by atoms with van der Waals surface area (Å²) in [5.41, 5.74) is 2.97. The van der Waals surface area contributed by atoms with Crippen LogP contribution in [0.5, 0.6) is 0 Å². The van der Waals surface area contributed by atoms with Crippen molar-refractivity contribution in [3.63, 3.8) is 0 Å². The highest BCUT2D eigenvalue weighted by atomic mass is 35.5. The first-order valence-corrected chi connectivity index (χ1v) is 9.08. The summed E-state index contributed by atoms with van der Waals surface area (Å²) in [6.45, 7) is 0.531. The molecule has 0 fully saturated rings. The van der Waals surface area contributed by atoms with Crippen LogP contribution in [0, 0.1) is 0 Å². The number of nitrogens with one attached hydrogen (secondary N) is 2. The minimum atomic E-state index is -0.492. The van der Waals surface area contributed by atoms with Crippen LogP contribution in [0.2, 0.25) is 5.02 Å². The average Bonchev–Trinajstić information content (AvgIpc) is 2.73. The summed E-state index contributed by atoms with van der Waals surface area (Å²) in [6.07, 6.45) is -0.492. The molecule has 0 spiro atoms. The maximum atomic E-state index is 12.3. The van der Waals surface area contributed by atoms with Gasteiger partial charge in [0, 0.05) is 22.8 Å². The van der Waals surface area contributed by atoms with Gasteiger partial charge in [-0.15, -0.1) is 0 Å². The summed E-state index contributed by atoms with van der Waals surface area (Å²) in [5.74, 6) is -0.218. The number of alkyl carbamates (subject to hydrolysis) is 1. The fourth-order valence-electron chi connectivity index (χ4n) is 2.46. The van der Waals surface area contributed by atoms with Crippen LogP contribution < -0.4 is 10.6 Å². The lowest BCUT2D eigenvalue weighted by Gasteiger charge is -2.08. The van der Waals surface area contributed by atoms with Gasteiger partial charge < -0.3 is 15.4 Å². The van der Waals surface area contributed by atoms with Crippen molar-refractivity contribution in [3.8, 4) is 0 Å². The summed E-state index contributed by atoms with van der Waals surface area (Å²) in [6, 6.07) is 23.3. The minimum Gasteiger partial charge on any atom is -0.445 e. The summed E-state index contributed by atoms with van der Waals surface area (Å²) < 4.78 is 5.16. The highest BCUT2D eigenvalue weighted by Gasteiger charge is 2.07. The van der Waals surface area contributed by atoms with E-state index in [1.807, 2.05) is 30.3 Å². The first-order chi connectivity index (χ1) is 13.6. The van der Waals surface area contributed by atoms with Crippen LogP contribution in [-0.2, 0) is 17.9 Å². The summed E-state index contributed by atoms with van der Waals surface area (Å²) in [5, 5.41) is 6.10. The third-order valence-corrected chi connectivity index (χ3v) is 4.22. The van der Waals surface area contributed by atoms with Crippen LogP contribution in [-0.4, -0.2) is 12.0 Å². The fourth-order valence-corrected chi connectivity index (χ4v) is 2.58.